The van der Waals surface area contributed by atoms with Crippen LogP contribution >= 0.6 is 0 Å². The standard InChI is InChI=1S/C30H42O5/c1-30(2)34-28(14-8-7-12-24-10-5-4-6-11-24)22-29(35-30)15-9-13-26(31)20-21-33-23-25-16-18-27(32-3)19-17-25/h4-6,9-11,13,16-19,26,28-29,31H,7-8,12,14-15,20-23H2,1-3H3/b13-9+/t26-,28+,29+/m0/s1. The fourth-order valence-corrected chi connectivity index (χ4v) is 4.49. The van der Waals surface area contributed by atoms with Crippen molar-refractivity contribution < 1.29 is 24.1 Å². The number of aliphatic hydroxyl groups is 1. The molecule has 35 heavy (non-hydrogen) atoms. The lowest BCUT2D eigenvalue weighted by Crippen LogP contribution is -2.44. The first-order chi connectivity index (χ1) is 16.9. The predicted octanol–water partition coefficient (Wildman–Crippen LogP) is 6.23. The minimum absolute atomic E-state index is 0.104. The van der Waals surface area contributed by atoms with Crippen molar-refractivity contribution in [3.05, 3.63) is 77.9 Å². The number of aliphatic hydroxyl groups excluding tert-OH is 1. The third kappa shape index (κ3) is 10.5. The van der Waals surface area contributed by atoms with Crippen molar-refractivity contribution in [1.29, 1.82) is 0 Å². The topological polar surface area (TPSA) is 57.2 Å². The molecule has 0 aromatic heterocycles. The number of rotatable bonds is 14. The summed E-state index contributed by atoms with van der Waals surface area (Å²) in [5, 5.41) is 10.3. The van der Waals surface area contributed by atoms with Crippen LogP contribution in [0.4, 0.5) is 0 Å². The van der Waals surface area contributed by atoms with E-state index in [1.54, 1.807) is 7.11 Å². The van der Waals surface area contributed by atoms with Crippen molar-refractivity contribution >= 4 is 0 Å². The largest absolute Gasteiger partial charge is 0.497 e. The third-order valence-electron chi connectivity index (χ3n) is 6.25. The number of unbranched alkanes of at least 4 members (excludes halogenated alkanes) is 1. The summed E-state index contributed by atoms with van der Waals surface area (Å²) in [5.41, 5.74) is 2.48. The second-order valence-electron chi connectivity index (χ2n) is 9.77. The van der Waals surface area contributed by atoms with E-state index in [4.69, 9.17) is 18.9 Å². The smallest absolute Gasteiger partial charge is 0.163 e. The fraction of sp³-hybridized carbons (Fsp3) is 0.533. The Bertz CT molecular complexity index is 862. The van der Waals surface area contributed by atoms with E-state index in [1.165, 1.54) is 12.0 Å². The Morgan fingerprint density at radius 2 is 1.74 bits per heavy atom. The Balaban J connectivity index is 1.32. The zero-order chi connectivity index (χ0) is 24.9. The van der Waals surface area contributed by atoms with Gasteiger partial charge in [0.25, 0.3) is 0 Å². The molecule has 0 aliphatic carbocycles. The van der Waals surface area contributed by atoms with Gasteiger partial charge in [-0.1, -0.05) is 61.0 Å². The second-order valence-corrected chi connectivity index (χ2v) is 9.77. The van der Waals surface area contributed by atoms with Crippen LogP contribution in [-0.2, 0) is 27.2 Å². The van der Waals surface area contributed by atoms with Crippen LogP contribution in [0.3, 0.4) is 0 Å². The monoisotopic (exact) mass is 482 g/mol. The highest BCUT2D eigenvalue weighted by Crippen LogP contribution is 2.31. The molecule has 5 nitrogen and oxygen atoms in total. The number of benzene rings is 2. The molecule has 0 spiro atoms. The van der Waals surface area contributed by atoms with Crippen LogP contribution in [0.15, 0.2) is 66.7 Å². The van der Waals surface area contributed by atoms with E-state index in [-0.39, 0.29) is 12.2 Å². The molecule has 5 heteroatoms. The van der Waals surface area contributed by atoms with Gasteiger partial charge in [-0.15, -0.1) is 0 Å². The van der Waals surface area contributed by atoms with Gasteiger partial charge in [0.05, 0.1) is 32.0 Å². The number of methoxy groups -OCH3 is 1. The maximum Gasteiger partial charge on any atom is 0.163 e. The molecule has 3 atom stereocenters. The van der Waals surface area contributed by atoms with Gasteiger partial charge in [0.2, 0.25) is 0 Å². The summed E-state index contributed by atoms with van der Waals surface area (Å²) in [4.78, 5) is 0. The lowest BCUT2D eigenvalue weighted by Gasteiger charge is -2.40. The fourth-order valence-electron chi connectivity index (χ4n) is 4.49. The lowest BCUT2D eigenvalue weighted by atomic mass is 9.99. The molecule has 0 radical (unpaired) electrons. The summed E-state index contributed by atoms with van der Waals surface area (Å²) in [7, 11) is 1.65. The molecule has 0 unspecified atom stereocenters. The van der Waals surface area contributed by atoms with Crippen LogP contribution in [0.2, 0.25) is 0 Å². The van der Waals surface area contributed by atoms with Crippen molar-refractivity contribution in [2.75, 3.05) is 13.7 Å². The first kappa shape index (κ1) is 27.4. The molecular weight excluding hydrogens is 440 g/mol. The van der Waals surface area contributed by atoms with Gasteiger partial charge in [-0.2, -0.15) is 0 Å². The predicted molar refractivity (Wildman–Crippen MR) is 139 cm³/mol. The van der Waals surface area contributed by atoms with Crippen molar-refractivity contribution in [2.45, 2.75) is 89.5 Å². The second kappa shape index (κ2) is 14.4. The van der Waals surface area contributed by atoms with E-state index in [1.807, 2.05) is 50.3 Å². The molecule has 1 fully saturated rings. The van der Waals surface area contributed by atoms with Crippen LogP contribution in [0.1, 0.15) is 63.5 Å². The highest BCUT2D eigenvalue weighted by Gasteiger charge is 2.34. The highest BCUT2D eigenvalue weighted by atomic mass is 16.7. The zero-order valence-electron chi connectivity index (χ0n) is 21.5. The quantitative estimate of drug-likeness (QED) is 0.255. The van der Waals surface area contributed by atoms with E-state index in [9.17, 15) is 5.11 Å². The molecule has 2 aromatic rings. The van der Waals surface area contributed by atoms with E-state index < -0.39 is 11.9 Å². The summed E-state index contributed by atoms with van der Waals surface area (Å²) >= 11 is 0. The zero-order valence-corrected chi connectivity index (χ0v) is 21.5. The normalized spacial score (nSPS) is 20.7. The third-order valence-corrected chi connectivity index (χ3v) is 6.25. The molecule has 3 rings (SSSR count). The maximum absolute atomic E-state index is 10.3. The molecular formula is C30H42O5. The number of hydrogen-bond donors (Lipinski definition) is 1. The molecule has 192 valence electrons. The summed E-state index contributed by atoms with van der Waals surface area (Å²) in [6.45, 7) is 5.02. The molecule has 1 aliphatic heterocycles. The summed E-state index contributed by atoms with van der Waals surface area (Å²) in [6, 6.07) is 18.5. The van der Waals surface area contributed by atoms with Crippen LogP contribution in [0, 0.1) is 0 Å². The molecule has 2 aromatic carbocycles. The van der Waals surface area contributed by atoms with E-state index in [0.29, 0.717) is 19.6 Å². The lowest BCUT2D eigenvalue weighted by molar-refractivity contribution is -0.299. The van der Waals surface area contributed by atoms with Crippen LogP contribution < -0.4 is 4.74 Å². The molecule has 0 amide bonds. The molecule has 1 N–H and O–H groups in total. The van der Waals surface area contributed by atoms with Gasteiger partial charge in [0.15, 0.2) is 5.79 Å². The van der Waals surface area contributed by atoms with Gasteiger partial charge in [-0.25, -0.2) is 0 Å². The number of ether oxygens (including phenoxy) is 4. The number of aryl methyl sites for hydroxylation is 1. The van der Waals surface area contributed by atoms with Gasteiger partial charge in [0, 0.05) is 19.4 Å². The van der Waals surface area contributed by atoms with Crippen molar-refractivity contribution in [3.63, 3.8) is 0 Å². The Morgan fingerprint density at radius 1 is 1.00 bits per heavy atom. The van der Waals surface area contributed by atoms with Crippen molar-refractivity contribution in [2.24, 2.45) is 0 Å². The Kier molecular flexibility index (Phi) is 11.3. The molecule has 1 aliphatic rings. The molecule has 1 heterocycles. The van der Waals surface area contributed by atoms with Crippen LogP contribution in [0.25, 0.3) is 0 Å². The average molecular weight is 483 g/mol. The Labute approximate surface area is 211 Å². The Morgan fingerprint density at radius 3 is 2.49 bits per heavy atom. The molecule has 0 saturated carbocycles. The van der Waals surface area contributed by atoms with Gasteiger partial charge < -0.3 is 24.1 Å². The van der Waals surface area contributed by atoms with Gasteiger partial charge in [0.1, 0.15) is 5.75 Å². The maximum atomic E-state index is 10.3. The summed E-state index contributed by atoms with van der Waals surface area (Å²) < 4.78 is 23.2. The SMILES string of the molecule is COc1ccc(COCC[C@@H](O)/C=C/C[C@@H]2C[C@@H](CCCCc3ccccc3)OC(C)(C)O2)cc1. The van der Waals surface area contributed by atoms with Crippen LogP contribution in [0.5, 0.6) is 5.75 Å². The first-order valence-electron chi connectivity index (χ1n) is 12.9. The highest BCUT2D eigenvalue weighted by molar-refractivity contribution is 5.26. The van der Waals surface area contributed by atoms with Gasteiger partial charge in [-0.05, 0) is 62.8 Å². The van der Waals surface area contributed by atoms with E-state index >= 15 is 0 Å². The van der Waals surface area contributed by atoms with Crippen molar-refractivity contribution in [3.8, 4) is 5.75 Å². The summed E-state index contributed by atoms with van der Waals surface area (Å²) in [6.07, 6.45) is 10.4. The Hall–Kier alpha value is -2.18. The van der Waals surface area contributed by atoms with E-state index in [2.05, 4.69) is 30.3 Å². The van der Waals surface area contributed by atoms with Crippen LogP contribution in [-0.4, -0.2) is 42.9 Å². The molecule has 0 bridgehead atoms. The first-order valence-corrected chi connectivity index (χ1v) is 12.9. The minimum Gasteiger partial charge on any atom is -0.497 e. The number of hydrogen-bond acceptors (Lipinski definition) is 5. The minimum atomic E-state index is -0.575. The van der Waals surface area contributed by atoms with Crippen molar-refractivity contribution in [1.82, 2.24) is 0 Å². The van der Waals surface area contributed by atoms with Gasteiger partial charge in [-0.3, -0.25) is 0 Å². The average Bonchev–Trinajstić information content (AvgIpc) is 2.85. The van der Waals surface area contributed by atoms with E-state index in [0.717, 1.165) is 43.4 Å². The van der Waals surface area contributed by atoms with Gasteiger partial charge >= 0.3 is 0 Å². The summed E-state index contributed by atoms with van der Waals surface area (Å²) in [5.74, 6) is 0.259. The molecule has 1 saturated heterocycles.